The third-order valence-corrected chi connectivity index (χ3v) is 10.3. The molecule has 2 aliphatic heterocycles. The molecule has 1 aliphatic carbocycles. The fourth-order valence-corrected chi connectivity index (χ4v) is 8.40. The van der Waals surface area contributed by atoms with Gasteiger partial charge in [-0.15, -0.1) is 0 Å². The maximum Gasteiger partial charge on any atom is 0.229 e. The maximum absolute atomic E-state index is 11.9. The van der Waals surface area contributed by atoms with Crippen molar-refractivity contribution >= 4 is 24.8 Å². The van der Waals surface area contributed by atoms with Crippen LogP contribution in [0.15, 0.2) is 36.4 Å². The van der Waals surface area contributed by atoms with Gasteiger partial charge in [0.05, 0.1) is 17.9 Å². The molecule has 1 saturated heterocycles. The van der Waals surface area contributed by atoms with Crippen molar-refractivity contribution in [2.75, 3.05) is 17.5 Å². The lowest BCUT2D eigenvalue weighted by Crippen LogP contribution is -2.60. The van der Waals surface area contributed by atoms with Gasteiger partial charge in [-0.2, -0.15) is 5.26 Å². The molecule has 0 radical (unpaired) electrons. The van der Waals surface area contributed by atoms with Crippen molar-refractivity contribution < 1.29 is 17.6 Å². The largest absolute Gasteiger partial charge is 0.487 e. The molecular weight excluding hydrogens is 539 g/mol. The zero-order chi connectivity index (χ0) is 28.9. The first-order valence-electron chi connectivity index (χ1n) is 14.5. The Balaban J connectivity index is 1.42. The number of nitriles is 1. The number of likely N-dealkylation sites (tertiary alicyclic amines) is 1. The molecule has 2 aromatic rings. The molecule has 2 unspecified atom stereocenters. The summed E-state index contributed by atoms with van der Waals surface area (Å²) in [5, 5.41) is 9.31. The Morgan fingerprint density at radius 3 is 2.60 bits per heavy atom. The van der Waals surface area contributed by atoms with E-state index >= 15 is 0 Å². The van der Waals surface area contributed by atoms with E-state index in [0.29, 0.717) is 11.7 Å². The molecule has 1 fully saturated rings. The summed E-state index contributed by atoms with van der Waals surface area (Å²) in [5.41, 5.74) is 4.71. The maximum atomic E-state index is 11.9. The van der Waals surface area contributed by atoms with Crippen LogP contribution in [0, 0.1) is 16.7 Å². The molecule has 0 aromatic heterocycles. The predicted octanol–water partition coefficient (Wildman–Crippen LogP) is 5.56. The lowest BCUT2D eigenvalue weighted by atomic mass is 9.67. The van der Waals surface area contributed by atoms with E-state index in [4.69, 9.17) is 9.16 Å². The summed E-state index contributed by atoms with van der Waals surface area (Å²) >= 11 is 0. The van der Waals surface area contributed by atoms with Gasteiger partial charge in [0, 0.05) is 31.1 Å². The van der Waals surface area contributed by atoms with E-state index in [-0.39, 0.29) is 23.2 Å². The molecule has 216 valence electrons. The van der Waals surface area contributed by atoms with Crippen molar-refractivity contribution in [3.8, 4) is 11.8 Å². The van der Waals surface area contributed by atoms with Crippen LogP contribution < -0.4 is 9.46 Å². The van der Waals surface area contributed by atoms with E-state index in [9.17, 15) is 13.7 Å². The Kier molecular flexibility index (Phi) is 7.85. The lowest BCUT2D eigenvalue weighted by molar-refractivity contribution is -0.123. The highest BCUT2D eigenvalue weighted by Crippen LogP contribution is 2.53. The van der Waals surface area contributed by atoms with Gasteiger partial charge in [-0.05, 0) is 97.1 Å². The van der Waals surface area contributed by atoms with Gasteiger partial charge in [-0.25, -0.2) is 8.42 Å². The molecule has 3 aliphatic rings. The number of hydrogen-bond acceptors (Lipinski definition) is 6. The fourth-order valence-electron chi connectivity index (χ4n) is 6.96. The highest BCUT2D eigenvalue weighted by Gasteiger charge is 2.50. The number of aryl methyl sites for hydroxylation is 1. The van der Waals surface area contributed by atoms with Crippen molar-refractivity contribution in [2.45, 2.75) is 96.2 Å². The second kappa shape index (κ2) is 10.8. The number of nitrogens with zero attached hydrogens (tertiary/aromatic N) is 2. The van der Waals surface area contributed by atoms with E-state index in [1.54, 1.807) is 6.07 Å². The zero-order valence-corrected chi connectivity index (χ0v) is 26.6. The Morgan fingerprint density at radius 1 is 1.15 bits per heavy atom. The van der Waals surface area contributed by atoms with Gasteiger partial charge in [0.1, 0.15) is 17.6 Å². The average Bonchev–Trinajstić information content (AvgIpc) is 2.86. The summed E-state index contributed by atoms with van der Waals surface area (Å²) in [6.07, 6.45) is 6.87. The SMILES string of the molecule is C[SiH](C)OC1CC2(CCN1[C@@H]1CCc3cc(C#N)ccc3C1)C[C@H](C(C)(C)C)c1cc(NS(C)(=O)=O)ccc1O2. The number of fused-ring (bicyclic) bond motifs is 2. The van der Waals surface area contributed by atoms with Crippen LogP contribution in [0.2, 0.25) is 13.1 Å². The number of rotatable bonds is 5. The summed E-state index contributed by atoms with van der Waals surface area (Å²) in [6.45, 7) is 12.2. The number of anilines is 1. The van der Waals surface area contributed by atoms with E-state index in [0.717, 1.165) is 61.9 Å². The molecule has 5 rings (SSSR count). The van der Waals surface area contributed by atoms with Crippen molar-refractivity contribution in [3.05, 3.63) is 58.7 Å². The molecule has 4 atom stereocenters. The van der Waals surface area contributed by atoms with Crippen LogP contribution in [0.3, 0.4) is 0 Å². The lowest BCUT2D eigenvalue weighted by Gasteiger charge is -2.54. The first-order chi connectivity index (χ1) is 18.7. The Labute approximate surface area is 241 Å². The number of hydrogen-bond donors (Lipinski definition) is 1. The monoisotopic (exact) mass is 581 g/mol. The van der Waals surface area contributed by atoms with Gasteiger partial charge in [0.2, 0.25) is 10.0 Å². The highest BCUT2D eigenvalue weighted by molar-refractivity contribution is 7.92. The quantitative estimate of drug-likeness (QED) is 0.465. The van der Waals surface area contributed by atoms with Crippen LogP contribution in [0.5, 0.6) is 5.75 Å². The second-order valence-electron chi connectivity index (χ2n) is 13.4. The molecule has 0 amide bonds. The normalized spacial score (nSPS) is 27.0. The molecule has 9 heteroatoms. The van der Waals surface area contributed by atoms with E-state index < -0.39 is 19.1 Å². The van der Waals surface area contributed by atoms with Gasteiger partial charge < -0.3 is 9.16 Å². The zero-order valence-electron chi connectivity index (χ0n) is 24.7. The van der Waals surface area contributed by atoms with Crippen LogP contribution >= 0.6 is 0 Å². The molecule has 2 aromatic carbocycles. The van der Waals surface area contributed by atoms with Crippen LogP contribution in [-0.2, 0) is 27.3 Å². The Hall–Kier alpha value is -2.38. The smallest absolute Gasteiger partial charge is 0.229 e. The number of ether oxygens (including phenoxy) is 1. The van der Waals surface area contributed by atoms with Crippen molar-refractivity contribution in [1.82, 2.24) is 4.90 Å². The Bertz CT molecular complexity index is 1410. The molecule has 0 saturated carbocycles. The van der Waals surface area contributed by atoms with Crippen LogP contribution in [-0.4, -0.2) is 53.0 Å². The number of piperidine rings is 1. The summed E-state index contributed by atoms with van der Waals surface area (Å²) in [4.78, 5) is 2.60. The van der Waals surface area contributed by atoms with Gasteiger partial charge in [-0.1, -0.05) is 26.8 Å². The van der Waals surface area contributed by atoms with Gasteiger partial charge in [-0.3, -0.25) is 9.62 Å². The van der Waals surface area contributed by atoms with Crippen molar-refractivity contribution in [1.29, 1.82) is 5.26 Å². The Morgan fingerprint density at radius 2 is 1.93 bits per heavy atom. The average molecular weight is 582 g/mol. The third-order valence-electron chi connectivity index (χ3n) is 8.81. The molecule has 40 heavy (non-hydrogen) atoms. The minimum Gasteiger partial charge on any atom is -0.487 e. The van der Waals surface area contributed by atoms with Crippen LogP contribution in [0.25, 0.3) is 0 Å². The highest BCUT2D eigenvalue weighted by atomic mass is 32.2. The van der Waals surface area contributed by atoms with Crippen molar-refractivity contribution in [2.24, 2.45) is 5.41 Å². The number of benzene rings is 2. The van der Waals surface area contributed by atoms with E-state index in [1.165, 1.54) is 17.4 Å². The fraction of sp³-hybridized carbons (Fsp3) is 0.581. The molecule has 1 N–H and O–H groups in total. The summed E-state index contributed by atoms with van der Waals surface area (Å²) in [7, 11) is -4.69. The molecule has 7 nitrogen and oxygen atoms in total. The molecular formula is C31H43N3O4SSi. The topological polar surface area (TPSA) is 91.7 Å². The molecule has 0 bridgehead atoms. The van der Waals surface area contributed by atoms with Gasteiger partial charge >= 0.3 is 0 Å². The first kappa shape index (κ1) is 29.1. The summed E-state index contributed by atoms with van der Waals surface area (Å²) in [6, 6.07) is 14.5. The number of nitrogens with one attached hydrogen (secondary N) is 1. The van der Waals surface area contributed by atoms with Gasteiger partial charge in [0.25, 0.3) is 0 Å². The second-order valence-corrected chi connectivity index (χ2v) is 17.5. The first-order valence-corrected chi connectivity index (χ1v) is 19.2. The van der Waals surface area contributed by atoms with Crippen molar-refractivity contribution in [3.63, 3.8) is 0 Å². The van der Waals surface area contributed by atoms with Crippen LogP contribution in [0.4, 0.5) is 5.69 Å². The molecule has 2 heterocycles. The molecule has 1 spiro atoms. The van der Waals surface area contributed by atoms with E-state index in [2.05, 4.69) is 61.7 Å². The minimum atomic E-state index is -3.36. The predicted molar refractivity (Wildman–Crippen MR) is 162 cm³/mol. The van der Waals surface area contributed by atoms with E-state index in [1.807, 2.05) is 18.2 Å². The van der Waals surface area contributed by atoms with Gasteiger partial charge in [0.15, 0.2) is 9.04 Å². The summed E-state index contributed by atoms with van der Waals surface area (Å²) in [5.74, 6) is 1.08. The summed E-state index contributed by atoms with van der Waals surface area (Å²) < 4.78 is 40.1. The number of sulfonamides is 1. The standard InChI is InChI=1S/C31H43N3O4SSi/c1-30(2,3)27-18-31(37-28-12-10-24(17-26(27)28)33-39(4,35)36)13-14-34(29(19-31)38-40(5)6)25-11-9-22-15-21(20-32)7-8-23(22)16-25/h7-8,10,12,15,17,25,27,29,33,40H,9,11,13-14,16,18-19H2,1-6H3/t25-,27+,29?,31?/m1/s1. The van der Waals surface area contributed by atoms with Crippen LogP contribution in [0.1, 0.15) is 74.6 Å². The minimum absolute atomic E-state index is 0.0127. The third kappa shape index (κ3) is 6.25.